The first kappa shape index (κ1) is 11.4. The minimum atomic E-state index is 0.376. The Morgan fingerprint density at radius 1 is 1.11 bits per heavy atom. The molecule has 0 bridgehead atoms. The molecule has 3 N–H and O–H groups in total. The molecule has 1 heterocycles. The molecule has 3 rings (SSSR count). The summed E-state index contributed by atoms with van der Waals surface area (Å²) in [4.78, 5) is 8.90. The van der Waals surface area contributed by atoms with Crippen molar-refractivity contribution in [3.05, 3.63) is 30.5 Å². The molecule has 18 heavy (non-hydrogen) atoms. The lowest BCUT2D eigenvalue weighted by Gasteiger charge is -2.26. The van der Waals surface area contributed by atoms with Gasteiger partial charge in [-0.2, -0.15) is 0 Å². The highest BCUT2D eigenvalue weighted by Gasteiger charge is 2.18. The monoisotopic (exact) mass is 242 g/mol. The fraction of sp³-hybridized carbons (Fsp3) is 0.429. The first-order valence-corrected chi connectivity index (χ1v) is 6.55. The Kier molecular flexibility index (Phi) is 3.11. The van der Waals surface area contributed by atoms with Gasteiger partial charge >= 0.3 is 0 Å². The van der Waals surface area contributed by atoms with Gasteiger partial charge in [0.2, 0.25) is 5.95 Å². The van der Waals surface area contributed by atoms with Crippen LogP contribution in [0.1, 0.15) is 25.7 Å². The third kappa shape index (κ3) is 2.43. The van der Waals surface area contributed by atoms with Gasteiger partial charge in [-0.15, -0.1) is 0 Å². The largest absolute Gasteiger partial charge is 0.351 e. The van der Waals surface area contributed by atoms with Gasteiger partial charge in [-0.05, 0) is 31.7 Å². The van der Waals surface area contributed by atoms with E-state index in [2.05, 4.69) is 15.3 Å². The Morgan fingerprint density at radius 3 is 2.72 bits per heavy atom. The summed E-state index contributed by atoms with van der Waals surface area (Å²) in [5, 5.41) is 4.49. The van der Waals surface area contributed by atoms with Crippen LogP contribution in [0, 0.1) is 0 Å². The molecule has 4 heteroatoms. The van der Waals surface area contributed by atoms with Gasteiger partial charge in [0.15, 0.2) is 0 Å². The highest BCUT2D eigenvalue weighted by molar-refractivity contribution is 5.78. The van der Waals surface area contributed by atoms with Crippen molar-refractivity contribution >= 4 is 16.9 Å². The van der Waals surface area contributed by atoms with Gasteiger partial charge in [0, 0.05) is 23.7 Å². The number of para-hydroxylation sites is 1. The average Bonchev–Trinajstić information content (AvgIpc) is 2.41. The summed E-state index contributed by atoms with van der Waals surface area (Å²) in [6.07, 6.45) is 6.27. The van der Waals surface area contributed by atoms with E-state index in [1.54, 1.807) is 0 Å². The molecule has 94 valence electrons. The third-order valence-electron chi connectivity index (χ3n) is 3.59. The van der Waals surface area contributed by atoms with Crippen LogP contribution in [0.4, 0.5) is 5.95 Å². The molecule has 4 nitrogen and oxygen atoms in total. The lowest BCUT2D eigenvalue weighted by molar-refractivity contribution is 0.410. The smallest absolute Gasteiger partial charge is 0.223 e. The number of nitrogens with one attached hydrogen (secondary N) is 1. The molecule has 0 radical (unpaired) electrons. The van der Waals surface area contributed by atoms with Crippen LogP contribution in [0.25, 0.3) is 10.9 Å². The minimum absolute atomic E-state index is 0.376. The molecule has 1 aromatic heterocycles. The van der Waals surface area contributed by atoms with Crippen molar-refractivity contribution in [2.45, 2.75) is 37.8 Å². The molecule has 1 fully saturated rings. The Morgan fingerprint density at radius 2 is 1.89 bits per heavy atom. The normalized spacial score (nSPS) is 24.1. The maximum Gasteiger partial charge on any atom is 0.223 e. The molecule has 0 unspecified atom stereocenters. The zero-order chi connectivity index (χ0) is 12.4. The minimum Gasteiger partial charge on any atom is -0.351 e. The molecular weight excluding hydrogens is 224 g/mol. The second kappa shape index (κ2) is 4.90. The van der Waals surface area contributed by atoms with E-state index in [-0.39, 0.29) is 0 Å². The molecular formula is C14H18N4. The topological polar surface area (TPSA) is 63.8 Å². The summed E-state index contributed by atoms with van der Waals surface area (Å²) >= 11 is 0. The zero-order valence-corrected chi connectivity index (χ0v) is 10.3. The summed E-state index contributed by atoms with van der Waals surface area (Å²) in [5.74, 6) is 0.731. The second-order valence-electron chi connectivity index (χ2n) is 5.01. The Labute approximate surface area is 107 Å². The van der Waals surface area contributed by atoms with E-state index in [0.29, 0.717) is 12.1 Å². The van der Waals surface area contributed by atoms with Crippen LogP contribution in [0.15, 0.2) is 30.5 Å². The van der Waals surface area contributed by atoms with Gasteiger partial charge < -0.3 is 11.1 Å². The molecule has 1 aliphatic rings. The number of benzene rings is 1. The molecule has 0 amide bonds. The average molecular weight is 242 g/mol. The van der Waals surface area contributed by atoms with Crippen LogP contribution in [-0.2, 0) is 0 Å². The van der Waals surface area contributed by atoms with Crippen molar-refractivity contribution in [1.82, 2.24) is 9.97 Å². The maximum atomic E-state index is 5.91. The van der Waals surface area contributed by atoms with Gasteiger partial charge in [-0.25, -0.2) is 9.97 Å². The van der Waals surface area contributed by atoms with Crippen LogP contribution in [0.2, 0.25) is 0 Å². The quantitative estimate of drug-likeness (QED) is 0.848. The molecule has 0 spiro atoms. The first-order valence-electron chi connectivity index (χ1n) is 6.55. The molecule has 1 aliphatic carbocycles. The highest BCUT2D eigenvalue weighted by atomic mass is 15.1. The molecule has 1 saturated carbocycles. The number of hydrogen-bond acceptors (Lipinski definition) is 4. The molecule has 1 aromatic carbocycles. The SMILES string of the molecule is NC1CCC(Nc2ncc3ccccc3n2)CC1. The van der Waals surface area contributed by atoms with Crippen molar-refractivity contribution in [1.29, 1.82) is 0 Å². The number of fused-ring (bicyclic) bond motifs is 1. The predicted octanol–water partition coefficient (Wildman–Crippen LogP) is 2.31. The predicted molar refractivity (Wildman–Crippen MR) is 73.4 cm³/mol. The standard InChI is InChI=1S/C14H18N4/c15-11-5-7-12(8-6-11)17-14-16-9-10-3-1-2-4-13(10)18-14/h1-4,9,11-12H,5-8,15H2,(H,16,17,18). The van der Waals surface area contributed by atoms with Crippen molar-refractivity contribution in [3.63, 3.8) is 0 Å². The van der Waals surface area contributed by atoms with E-state index in [1.165, 1.54) is 0 Å². The second-order valence-corrected chi connectivity index (χ2v) is 5.01. The molecule has 0 aliphatic heterocycles. The molecule has 0 atom stereocenters. The Hall–Kier alpha value is -1.68. The number of nitrogens with two attached hydrogens (primary N) is 1. The van der Waals surface area contributed by atoms with Crippen LogP contribution in [0.5, 0.6) is 0 Å². The summed E-state index contributed by atoms with van der Waals surface area (Å²) in [6.45, 7) is 0. The molecule has 2 aromatic rings. The summed E-state index contributed by atoms with van der Waals surface area (Å²) in [5.41, 5.74) is 6.89. The lowest BCUT2D eigenvalue weighted by atomic mass is 9.92. The summed E-state index contributed by atoms with van der Waals surface area (Å²) in [7, 11) is 0. The van der Waals surface area contributed by atoms with Crippen molar-refractivity contribution in [2.24, 2.45) is 5.73 Å². The maximum absolute atomic E-state index is 5.91. The third-order valence-corrected chi connectivity index (χ3v) is 3.59. The number of hydrogen-bond donors (Lipinski definition) is 2. The van der Waals surface area contributed by atoms with Crippen molar-refractivity contribution < 1.29 is 0 Å². The van der Waals surface area contributed by atoms with Crippen molar-refractivity contribution in [3.8, 4) is 0 Å². The lowest BCUT2D eigenvalue weighted by Crippen LogP contribution is -2.33. The van der Waals surface area contributed by atoms with Gasteiger partial charge in [0.25, 0.3) is 0 Å². The van der Waals surface area contributed by atoms with Gasteiger partial charge in [-0.1, -0.05) is 18.2 Å². The van der Waals surface area contributed by atoms with E-state index in [9.17, 15) is 0 Å². The van der Waals surface area contributed by atoms with Crippen LogP contribution in [0.3, 0.4) is 0 Å². The van der Waals surface area contributed by atoms with E-state index in [4.69, 9.17) is 5.73 Å². The summed E-state index contributed by atoms with van der Waals surface area (Å²) < 4.78 is 0. The highest BCUT2D eigenvalue weighted by Crippen LogP contribution is 2.20. The van der Waals surface area contributed by atoms with Gasteiger partial charge in [-0.3, -0.25) is 0 Å². The number of nitrogens with zero attached hydrogens (tertiary/aromatic N) is 2. The van der Waals surface area contributed by atoms with E-state index < -0.39 is 0 Å². The fourth-order valence-corrected chi connectivity index (χ4v) is 2.49. The van der Waals surface area contributed by atoms with Crippen LogP contribution in [-0.4, -0.2) is 22.1 Å². The number of rotatable bonds is 2. The zero-order valence-electron chi connectivity index (χ0n) is 10.3. The number of anilines is 1. The number of aromatic nitrogens is 2. The van der Waals surface area contributed by atoms with E-state index in [0.717, 1.165) is 42.5 Å². The van der Waals surface area contributed by atoms with E-state index in [1.807, 2.05) is 30.5 Å². The van der Waals surface area contributed by atoms with Crippen LogP contribution >= 0.6 is 0 Å². The van der Waals surface area contributed by atoms with Crippen molar-refractivity contribution in [2.75, 3.05) is 5.32 Å². The first-order chi connectivity index (χ1) is 8.81. The van der Waals surface area contributed by atoms with Crippen LogP contribution < -0.4 is 11.1 Å². The summed E-state index contributed by atoms with van der Waals surface area (Å²) in [6, 6.07) is 8.88. The molecule has 0 saturated heterocycles. The Bertz CT molecular complexity index is 532. The fourth-order valence-electron chi connectivity index (χ4n) is 2.49. The Balaban J connectivity index is 1.74. The van der Waals surface area contributed by atoms with Gasteiger partial charge in [0.05, 0.1) is 5.52 Å². The van der Waals surface area contributed by atoms with Gasteiger partial charge in [0.1, 0.15) is 0 Å². The van der Waals surface area contributed by atoms with E-state index >= 15 is 0 Å².